The van der Waals surface area contributed by atoms with Gasteiger partial charge in [-0.1, -0.05) is 40.2 Å². The lowest BCUT2D eigenvalue weighted by Gasteiger charge is -2.11. The van der Waals surface area contributed by atoms with Crippen molar-refractivity contribution in [1.29, 1.82) is 0 Å². The van der Waals surface area contributed by atoms with E-state index in [1.54, 1.807) is 0 Å². The summed E-state index contributed by atoms with van der Waals surface area (Å²) in [5.74, 6) is 0.248. The van der Waals surface area contributed by atoms with Crippen molar-refractivity contribution in [1.82, 2.24) is 4.90 Å². The van der Waals surface area contributed by atoms with Crippen LogP contribution < -0.4 is 0 Å². The van der Waals surface area contributed by atoms with Gasteiger partial charge in [-0.25, -0.2) is 0 Å². The van der Waals surface area contributed by atoms with Gasteiger partial charge in [0.15, 0.2) is 5.78 Å². The number of carbonyl (C=O) groups is 1. The largest absolute Gasteiger partial charge is 0.297 e. The summed E-state index contributed by atoms with van der Waals surface area (Å²) in [6.07, 6.45) is 0. The second kappa shape index (κ2) is 4.24. The molecule has 74 valence electrons. The number of hydrogen-bond donors (Lipinski definition) is 0. The summed E-state index contributed by atoms with van der Waals surface area (Å²) >= 11 is 3.18. The smallest absolute Gasteiger partial charge is 0.157 e. The van der Waals surface area contributed by atoms with Gasteiger partial charge in [-0.3, -0.25) is 9.69 Å². The molecule has 0 saturated carbocycles. The van der Waals surface area contributed by atoms with Crippen molar-refractivity contribution in [3.05, 3.63) is 35.4 Å². The summed E-state index contributed by atoms with van der Waals surface area (Å²) in [4.78, 5) is 13.4. The maximum atomic E-state index is 11.2. The van der Waals surface area contributed by atoms with E-state index in [1.807, 2.05) is 0 Å². The molecule has 0 bridgehead atoms. The molecular weight excluding hydrogens is 242 g/mol. The number of ketones is 1. The van der Waals surface area contributed by atoms with Crippen molar-refractivity contribution < 1.29 is 4.79 Å². The number of halogens is 1. The Bertz CT molecular complexity index is 326. The van der Waals surface area contributed by atoms with Crippen LogP contribution in [0.25, 0.3) is 0 Å². The molecule has 1 heterocycles. The molecule has 1 aromatic rings. The predicted octanol–water partition coefficient (Wildman–Crippen LogP) is 1.97. The first-order valence-electron chi connectivity index (χ1n) is 4.66. The molecule has 1 aliphatic rings. The van der Waals surface area contributed by atoms with Crippen molar-refractivity contribution in [3.8, 4) is 0 Å². The van der Waals surface area contributed by atoms with Gasteiger partial charge in [-0.2, -0.15) is 0 Å². The van der Waals surface area contributed by atoms with Crippen LogP contribution in [0.1, 0.15) is 11.1 Å². The van der Waals surface area contributed by atoms with E-state index >= 15 is 0 Å². The van der Waals surface area contributed by atoms with Crippen LogP contribution in [0, 0.1) is 0 Å². The van der Waals surface area contributed by atoms with Crippen molar-refractivity contribution in [3.63, 3.8) is 0 Å². The van der Waals surface area contributed by atoms with E-state index in [0.29, 0.717) is 11.9 Å². The van der Waals surface area contributed by atoms with Gasteiger partial charge in [-0.15, -0.1) is 0 Å². The minimum Gasteiger partial charge on any atom is -0.297 e. The van der Waals surface area contributed by atoms with Gasteiger partial charge in [0.1, 0.15) is 0 Å². The molecule has 0 amide bonds. The van der Waals surface area contributed by atoms with Crippen LogP contribution in [0.4, 0.5) is 0 Å². The van der Waals surface area contributed by atoms with Gasteiger partial charge < -0.3 is 0 Å². The normalized spacial score (nSPS) is 15.5. The minimum absolute atomic E-state index is 0.248. The summed E-state index contributed by atoms with van der Waals surface area (Å²) in [6.45, 7) is 2.38. The molecule has 3 heteroatoms. The van der Waals surface area contributed by atoms with Crippen LogP contribution in [0.2, 0.25) is 0 Å². The van der Waals surface area contributed by atoms with Gasteiger partial charge in [0, 0.05) is 13.1 Å². The van der Waals surface area contributed by atoms with Gasteiger partial charge in [-0.05, 0) is 11.1 Å². The highest BCUT2D eigenvalue weighted by atomic mass is 79.9. The number of rotatable bonds is 3. The van der Waals surface area contributed by atoms with Gasteiger partial charge in [0.05, 0.1) is 11.9 Å². The molecule has 0 spiro atoms. The Morgan fingerprint density at radius 3 is 2.36 bits per heavy atom. The summed E-state index contributed by atoms with van der Waals surface area (Å²) in [6, 6.07) is 8.37. The summed E-state index contributed by atoms with van der Waals surface area (Å²) < 4.78 is 0. The van der Waals surface area contributed by atoms with E-state index < -0.39 is 0 Å². The first-order valence-corrected chi connectivity index (χ1v) is 5.78. The molecule has 0 N–H and O–H groups in total. The van der Waals surface area contributed by atoms with E-state index in [2.05, 4.69) is 45.1 Å². The van der Waals surface area contributed by atoms with Crippen LogP contribution in [0.15, 0.2) is 24.3 Å². The lowest BCUT2D eigenvalue weighted by atomic mass is 10.1. The summed E-state index contributed by atoms with van der Waals surface area (Å²) in [5.41, 5.74) is 2.71. The van der Waals surface area contributed by atoms with Crippen molar-refractivity contribution in [2.75, 3.05) is 11.9 Å². The number of alkyl halides is 1. The quantitative estimate of drug-likeness (QED) is 0.768. The van der Waals surface area contributed by atoms with Crippen LogP contribution in [0.5, 0.6) is 0 Å². The van der Waals surface area contributed by atoms with Gasteiger partial charge in [0.2, 0.25) is 0 Å². The van der Waals surface area contributed by atoms with Gasteiger partial charge >= 0.3 is 0 Å². The Morgan fingerprint density at radius 2 is 1.86 bits per heavy atom. The zero-order valence-corrected chi connectivity index (χ0v) is 9.46. The molecule has 0 saturated heterocycles. The first-order chi connectivity index (χ1) is 6.79. The van der Waals surface area contributed by atoms with E-state index in [0.717, 1.165) is 13.1 Å². The van der Waals surface area contributed by atoms with Crippen molar-refractivity contribution in [2.45, 2.75) is 13.1 Å². The Kier molecular flexibility index (Phi) is 2.99. The van der Waals surface area contributed by atoms with Crippen molar-refractivity contribution >= 4 is 21.7 Å². The second-order valence-corrected chi connectivity index (χ2v) is 4.15. The van der Waals surface area contributed by atoms with Crippen LogP contribution in [-0.2, 0) is 17.9 Å². The lowest BCUT2D eigenvalue weighted by Crippen LogP contribution is -2.25. The molecule has 0 unspecified atom stereocenters. The lowest BCUT2D eigenvalue weighted by molar-refractivity contribution is -0.117. The Hall–Kier alpha value is -0.670. The molecule has 0 radical (unpaired) electrons. The molecule has 0 aliphatic carbocycles. The van der Waals surface area contributed by atoms with Gasteiger partial charge in [0.25, 0.3) is 0 Å². The highest BCUT2D eigenvalue weighted by Gasteiger charge is 2.19. The highest BCUT2D eigenvalue weighted by molar-refractivity contribution is 9.09. The highest BCUT2D eigenvalue weighted by Crippen LogP contribution is 2.21. The fourth-order valence-electron chi connectivity index (χ4n) is 1.81. The third-order valence-electron chi connectivity index (χ3n) is 2.46. The summed E-state index contributed by atoms with van der Waals surface area (Å²) in [5, 5.41) is 0.458. The topological polar surface area (TPSA) is 20.3 Å². The molecule has 14 heavy (non-hydrogen) atoms. The number of nitrogens with zero attached hydrogens (tertiary/aromatic N) is 1. The molecule has 1 aliphatic heterocycles. The third kappa shape index (κ3) is 2.04. The minimum atomic E-state index is 0.248. The maximum absolute atomic E-state index is 11.2. The molecule has 0 atom stereocenters. The van der Waals surface area contributed by atoms with E-state index in [-0.39, 0.29) is 5.78 Å². The third-order valence-corrected chi connectivity index (χ3v) is 3.08. The predicted molar refractivity (Wildman–Crippen MR) is 59.4 cm³/mol. The molecular formula is C11H12BrNO. The Labute approximate surface area is 92.0 Å². The Balaban J connectivity index is 2.01. The number of Topliss-reactive ketones (excluding diaryl/α,β-unsaturated/α-hetero) is 1. The van der Waals surface area contributed by atoms with Crippen molar-refractivity contribution in [2.24, 2.45) is 0 Å². The van der Waals surface area contributed by atoms with E-state index in [9.17, 15) is 4.79 Å². The number of benzene rings is 1. The maximum Gasteiger partial charge on any atom is 0.157 e. The fraction of sp³-hybridized carbons (Fsp3) is 0.364. The molecule has 2 nitrogen and oxygen atoms in total. The molecule has 2 rings (SSSR count). The fourth-order valence-corrected chi connectivity index (χ4v) is 1.98. The van der Waals surface area contributed by atoms with E-state index in [1.165, 1.54) is 11.1 Å². The standard InChI is InChI=1S/C11H12BrNO/c12-5-11(14)8-13-6-9-3-1-2-4-10(9)7-13/h1-4H,5-8H2. The Morgan fingerprint density at radius 1 is 1.29 bits per heavy atom. The zero-order valence-electron chi connectivity index (χ0n) is 7.87. The summed E-state index contributed by atoms with van der Waals surface area (Å²) in [7, 11) is 0. The molecule has 1 aromatic carbocycles. The average molecular weight is 254 g/mol. The first kappa shape index (κ1) is 9.87. The van der Waals surface area contributed by atoms with Crippen LogP contribution >= 0.6 is 15.9 Å². The van der Waals surface area contributed by atoms with Crippen LogP contribution in [0.3, 0.4) is 0 Å². The van der Waals surface area contributed by atoms with E-state index in [4.69, 9.17) is 0 Å². The molecule has 0 aromatic heterocycles. The monoisotopic (exact) mass is 253 g/mol. The number of fused-ring (bicyclic) bond motifs is 1. The SMILES string of the molecule is O=C(CBr)CN1Cc2ccccc2C1. The number of carbonyl (C=O) groups excluding carboxylic acids is 1. The van der Waals surface area contributed by atoms with Crippen LogP contribution in [-0.4, -0.2) is 22.6 Å². The molecule has 0 fully saturated rings. The number of hydrogen-bond acceptors (Lipinski definition) is 2. The average Bonchev–Trinajstić information content (AvgIpc) is 2.59. The second-order valence-electron chi connectivity index (χ2n) is 3.59. The zero-order chi connectivity index (χ0) is 9.97.